The average Bonchev–Trinajstić information content (AvgIpc) is 3.01. The third kappa shape index (κ3) is 3.72. The van der Waals surface area contributed by atoms with Gasteiger partial charge in [-0.15, -0.1) is 0 Å². The number of rotatable bonds is 6. The zero-order valence-corrected chi connectivity index (χ0v) is 15.5. The van der Waals surface area contributed by atoms with Gasteiger partial charge in [0.05, 0.1) is 35.0 Å². The molecule has 25 heavy (non-hydrogen) atoms. The molecule has 0 bridgehead atoms. The molecule has 132 valence electrons. The van der Waals surface area contributed by atoms with Crippen LogP contribution in [0.2, 0.25) is 5.02 Å². The zero-order chi connectivity index (χ0) is 18.0. The predicted octanol–water partition coefficient (Wildman–Crippen LogP) is 4.14. The van der Waals surface area contributed by atoms with Gasteiger partial charge in [-0.05, 0) is 30.7 Å². The van der Waals surface area contributed by atoms with Crippen molar-refractivity contribution in [2.45, 2.75) is 13.3 Å². The van der Waals surface area contributed by atoms with Crippen molar-refractivity contribution in [1.82, 2.24) is 10.2 Å². The Balaban J connectivity index is 2.08. The van der Waals surface area contributed by atoms with Crippen LogP contribution in [0.1, 0.15) is 13.3 Å². The molecule has 0 radical (unpaired) electrons. The van der Waals surface area contributed by atoms with E-state index >= 15 is 0 Å². The Hall–Kier alpha value is -2.25. The van der Waals surface area contributed by atoms with Crippen LogP contribution >= 0.6 is 11.6 Å². The van der Waals surface area contributed by atoms with Crippen LogP contribution in [0, 0.1) is 0 Å². The molecule has 2 N–H and O–H groups in total. The van der Waals surface area contributed by atoms with E-state index in [2.05, 4.69) is 15.5 Å². The molecule has 0 fully saturated rings. The molecule has 0 saturated carbocycles. The van der Waals surface area contributed by atoms with E-state index in [1.807, 2.05) is 25.1 Å². The molecule has 6 nitrogen and oxygen atoms in total. The monoisotopic (exact) mass is 378 g/mol. The number of hydrogen-bond acceptors (Lipinski definition) is 4. The molecule has 0 unspecified atom stereocenters. The highest BCUT2D eigenvalue weighted by atomic mass is 35.5. The first-order valence-electron chi connectivity index (χ1n) is 7.86. The number of halogens is 1. The summed E-state index contributed by atoms with van der Waals surface area (Å²) in [5.41, 5.74) is 2.85. The Labute approximate surface area is 151 Å². The molecule has 1 heterocycles. The van der Waals surface area contributed by atoms with Crippen molar-refractivity contribution >= 4 is 49.6 Å². The van der Waals surface area contributed by atoms with Gasteiger partial charge >= 0.3 is 0 Å². The largest absolute Gasteiger partial charge is 0.353 e. The van der Waals surface area contributed by atoms with Gasteiger partial charge in [0.25, 0.3) is 0 Å². The van der Waals surface area contributed by atoms with Gasteiger partial charge in [-0.1, -0.05) is 30.7 Å². The minimum Gasteiger partial charge on any atom is -0.353 e. The van der Waals surface area contributed by atoms with E-state index < -0.39 is 10.0 Å². The smallest absolute Gasteiger partial charge is 0.232 e. The Morgan fingerprint density at radius 1 is 1.24 bits per heavy atom. The second-order valence-electron chi connectivity index (χ2n) is 5.76. The van der Waals surface area contributed by atoms with Crippen LogP contribution in [0.4, 0.5) is 17.1 Å². The van der Waals surface area contributed by atoms with Crippen molar-refractivity contribution in [2.24, 2.45) is 0 Å². The molecule has 0 atom stereocenters. The van der Waals surface area contributed by atoms with E-state index in [9.17, 15) is 8.42 Å². The van der Waals surface area contributed by atoms with Crippen molar-refractivity contribution in [2.75, 3.05) is 22.4 Å². The fraction of sp³-hybridized carbons (Fsp3) is 0.235. The van der Waals surface area contributed by atoms with Crippen LogP contribution in [-0.2, 0) is 10.0 Å². The summed E-state index contributed by atoms with van der Waals surface area (Å²) in [5.74, 6) is 0. The number of sulfonamides is 1. The highest BCUT2D eigenvalue weighted by molar-refractivity contribution is 7.92. The molecule has 8 heteroatoms. The average molecular weight is 379 g/mol. The third-order valence-corrected chi connectivity index (χ3v) is 5.19. The fourth-order valence-electron chi connectivity index (χ4n) is 2.73. The van der Waals surface area contributed by atoms with Gasteiger partial charge in [0.1, 0.15) is 0 Å². The van der Waals surface area contributed by atoms with Crippen molar-refractivity contribution < 1.29 is 8.42 Å². The molecule has 1 aromatic heterocycles. The van der Waals surface area contributed by atoms with Gasteiger partial charge in [0.2, 0.25) is 10.0 Å². The summed E-state index contributed by atoms with van der Waals surface area (Å²) in [5, 5.41) is 11.7. The van der Waals surface area contributed by atoms with Crippen molar-refractivity contribution in [3.05, 3.63) is 47.6 Å². The van der Waals surface area contributed by atoms with E-state index in [4.69, 9.17) is 11.6 Å². The summed E-state index contributed by atoms with van der Waals surface area (Å²) in [6.07, 6.45) is 3.63. The molecule has 0 saturated heterocycles. The fourth-order valence-corrected chi connectivity index (χ4v) is 3.98. The van der Waals surface area contributed by atoms with Crippen molar-refractivity contribution in [3.63, 3.8) is 0 Å². The Morgan fingerprint density at radius 2 is 2.00 bits per heavy atom. The molecule has 0 aliphatic heterocycles. The summed E-state index contributed by atoms with van der Waals surface area (Å²) in [6, 6.07) is 10.9. The summed E-state index contributed by atoms with van der Waals surface area (Å²) in [4.78, 5) is 0. The number of fused-ring (bicyclic) bond motifs is 1. The molecular weight excluding hydrogens is 360 g/mol. The Bertz CT molecular complexity index is 1000. The maximum atomic E-state index is 12.2. The van der Waals surface area contributed by atoms with Crippen LogP contribution < -0.4 is 9.62 Å². The number of nitrogens with zero attached hydrogens (tertiary/aromatic N) is 2. The SMILES string of the molecule is CCCN(c1ccccc1Nc1cc(Cl)cc2[nH]ncc12)S(C)(=O)=O. The molecule has 2 aromatic carbocycles. The van der Waals surface area contributed by atoms with Crippen LogP contribution in [0.25, 0.3) is 10.9 Å². The van der Waals surface area contributed by atoms with Crippen molar-refractivity contribution in [3.8, 4) is 0 Å². The van der Waals surface area contributed by atoms with E-state index in [1.165, 1.54) is 10.6 Å². The van der Waals surface area contributed by atoms with Crippen LogP contribution in [0.15, 0.2) is 42.6 Å². The first-order chi connectivity index (χ1) is 11.9. The molecular formula is C17H19ClN4O2S. The Kier molecular flexibility index (Phi) is 4.87. The van der Waals surface area contributed by atoms with E-state index in [-0.39, 0.29) is 0 Å². The molecule has 3 rings (SSSR count). The van der Waals surface area contributed by atoms with Gasteiger partial charge in [-0.2, -0.15) is 5.10 Å². The number of benzene rings is 2. The second kappa shape index (κ2) is 6.93. The highest BCUT2D eigenvalue weighted by Gasteiger charge is 2.19. The lowest BCUT2D eigenvalue weighted by atomic mass is 10.2. The van der Waals surface area contributed by atoms with Crippen LogP contribution in [0.5, 0.6) is 0 Å². The highest BCUT2D eigenvalue weighted by Crippen LogP contribution is 2.34. The van der Waals surface area contributed by atoms with Crippen LogP contribution in [-0.4, -0.2) is 31.4 Å². The van der Waals surface area contributed by atoms with E-state index in [0.717, 1.165) is 16.6 Å². The summed E-state index contributed by atoms with van der Waals surface area (Å²) >= 11 is 6.18. The van der Waals surface area contributed by atoms with Gasteiger partial charge in [0, 0.05) is 17.0 Å². The number of H-pyrrole nitrogens is 1. The number of aromatic nitrogens is 2. The van der Waals surface area contributed by atoms with E-state index in [0.29, 0.717) is 29.4 Å². The molecule has 0 spiro atoms. The summed E-state index contributed by atoms with van der Waals surface area (Å²) in [7, 11) is -3.39. The maximum Gasteiger partial charge on any atom is 0.232 e. The molecule has 0 amide bonds. The zero-order valence-electron chi connectivity index (χ0n) is 14.0. The third-order valence-electron chi connectivity index (χ3n) is 3.79. The van der Waals surface area contributed by atoms with Gasteiger partial charge < -0.3 is 5.32 Å². The first kappa shape index (κ1) is 17.6. The summed E-state index contributed by atoms with van der Waals surface area (Å²) < 4.78 is 25.8. The molecule has 0 aliphatic rings. The quantitative estimate of drug-likeness (QED) is 0.675. The summed E-state index contributed by atoms with van der Waals surface area (Å²) in [6.45, 7) is 2.36. The minimum atomic E-state index is -3.39. The topological polar surface area (TPSA) is 78.1 Å². The normalized spacial score (nSPS) is 11.6. The number of hydrogen-bond donors (Lipinski definition) is 2. The standard InChI is InChI=1S/C17H19ClN4O2S/c1-3-8-22(25(2,23)24)17-7-5-4-6-14(17)20-15-9-12(18)10-16-13(15)11-19-21-16/h4-7,9-11,20H,3,8H2,1-2H3,(H,19,21). The van der Waals surface area contributed by atoms with Gasteiger partial charge in [-0.3, -0.25) is 9.40 Å². The molecule has 0 aliphatic carbocycles. The Morgan fingerprint density at radius 3 is 2.72 bits per heavy atom. The maximum absolute atomic E-state index is 12.2. The van der Waals surface area contributed by atoms with Gasteiger partial charge in [0.15, 0.2) is 0 Å². The number of anilines is 3. The number of nitrogens with one attached hydrogen (secondary N) is 2. The lowest BCUT2D eigenvalue weighted by Crippen LogP contribution is -2.31. The van der Waals surface area contributed by atoms with Crippen molar-refractivity contribution in [1.29, 1.82) is 0 Å². The lowest BCUT2D eigenvalue weighted by molar-refractivity contribution is 0.596. The lowest BCUT2D eigenvalue weighted by Gasteiger charge is -2.25. The number of aromatic amines is 1. The van der Waals surface area contributed by atoms with Crippen LogP contribution in [0.3, 0.4) is 0 Å². The second-order valence-corrected chi connectivity index (χ2v) is 8.11. The number of para-hydroxylation sites is 2. The first-order valence-corrected chi connectivity index (χ1v) is 10.1. The van der Waals surface area contributed by atoms with Gasteiger partial charge in [-0.25, -0.2) is 8.42 Å². The van der Waals surface area contributed by atoms with E-state index in [1.54, 1.807) is 24.4 Å². The minimum absolute atomic E-state index is 0.411. The molecule has 3 aromatic rings. The predicted molar refractivity (Wildman–Crippen MR) is 103 cm³/mol.